The number of hydrogen-bond donors (Lipinski definition) is 1. The highest BCUT2D eigenvalue weighted by atomic mass is 79.9. The van der Waals surface area contributed by atoms with Gasteiger partial charge in [-0.1, -0.05) is 6.07 Å². The molecule has 0 aliphatic rings. The molecule has 7 nitrogen and oxygen atoms in total. The number of amides is 1. The zero-order valence-corrected chi connectivity index (χ0v) is 13.2. The molecular weight excluding hydrogens is 354 g/mol. The molecule has 1 heterocycles. The van der Waals surface area contributed by atoms with Crippen LogP contribution >= 0.6 is 15.9 Å². The number of nitrogens with one attached hydrogen (secondary N) is 1. The van der Waals surface area contributed by atoms with Crippen LogP contribution in [0.2, 0.25) is 0 Å². The molecule has 2 rings (SSSR count). The number of anilines is 1. The summed E-state index contributed by atoms with van der Waals surface area (Å²) in [6.45, 7) is 1.55. The Morgan fingerprint density at radius 3 is 2.77 bits per heavy atom. The molecule has 0 aliphatic heterocycles. The molecule has 1 N–H and O–H groups in total. The van der Waals surface area contributed by atoms with Crippen molar-refractivity contribution in [2.45, 2.75) is 13.5 Å². The Bertz CT molecular complexity index is 801. The standard InChI is InChI=1S/C14H12BrN3O4/c1-9-2-4-11(18(21)22)6-12(9)16-13(19)8-17-7-10(15)3-5-14(17)20/h2-7H,8H2,1H3,(H,16,19). The van der Waals surface area contributed by atoms with Gasteiger partial charge in [0.2, 0.25) is 5.91 Å². The van der Waals surface area contributed by atoms with E-state index in [9.17, 15) is 19.7 Å². The van der Waals surface area contributed by atoms with E-state index in [2.05, 4.69) is 21.2 Å². The lowest BCUT2D eigenvalue weighted by molar-refractivity contribution is -0.384. The molecule has 0 bridgehead atoms. The predicted molar refractivity (Wildman–Crippen MR) is 84.9 cm³/mol. The number of nitro groups is 1. The van der Waals surface area contributed by atoms with Gasteiger partial charge in [-0.25, -0.2) is 0 Å². The van der Waals surface area contributed by atoms with Crippen LogP contribution in [0.15, 0.2) is 45.8 Å². The number of benzene rings is 1. The van der Waals surface area contributed by atoms with Crippen LogP contribution in [0.1, 0.15) is 5.56 Å². The Labute approximate surface area is 133 Å². The maximum Gasteiger partial charge on any atom is 0.271 e. The predicted octanol–water partition coefficient (Wildman–Crippen LogP) is 2.47. The third-order valence-corrected chi connectivity index (χ3v) is 3.44. The molecule has 1 amide bonds. The highest BCUT2D eigenvalue weighted by Crippen LogP contribution is 2.21. The van der Waals surface area contributed by atoms with Crippen LogP contribution in [-0.4, -0.2) is 15.4 Å². The van der Waals surface area contributed by atoms with Crippen molar-refractivity contribution in [1.29, 1.82) is 0 Å². The van der Waals surface area contributed by atoms with Crippen molar-refractivity contribution in [3.05, 3.63) is 67.0 Å². The Morgan fingerprint density at radius 1 is 1.36 bits per heavy atom. The number of halogens is 1. The zero-order valence-electron chi connectivity index (χ0n) is 11.6. The molecular formula is C14H12BrN3O4. The lowest BCUT2D eigenvalue weighted by atomic mass is 10.2. The molecule has 0 aliphatic carbocycles. The normalized spacial score (nSPS) is 10.3. The molecule has 2 aromatic rings. The van der Waals surface area contributed by atoms with Gasteiger partial charge in [0, 0.05) is 28.9 Å². The Kier molecular flexibility index (Phi) is 4.71. The van der Waals surface area contributed by atoms with Crippen molar-refractivity contribution in [2.75, 3.05) is 5.32 Å². The average Bonchev–Trinajstić information content (AvgIpc) is 2.45. The number of carbonyl (C=O) groups excluding carboxylic acids is 1. The average molecular weight is 366 g/mol. The highest BCUT2D eigenvalue weighted by Gasteiger charge is 2.12. The molecule has 0 fully saturated rings. The summed E-state index contributed by atoms with van der Waals surface area (Å²) in [5, 5.41) is 13.3. The number of carbonyl (C=O) groups is 1. The second kappa shape index (κ2) is 6.52. The van der Waals surface area contributed by atoms with Gasteiger partial charge in [-0.2, -0.15) is 0 Å². The van der Waals surface area contributed by atoms with E-state index in [4.69, 9.17) is 0 Å². The number of aromatic nitrogens is 1. The van der Waals surface area contributed by atoms with Crippen LogP contribution in [-0.2, 0) is 11.3 Å². The van der Waals surface area contributed by atoms with Gasteiger partial charge in [-0.3, -0.25) is 19.7 Å². The van der Waals surface area contributed by atoms with Gasteiger partial charge in [-0.05, 0) is 34.5 Å². The summed E-state index contributed by atoms with van der Waals surface area (Å²) in [7, 11) is 0. The van der Waals surface area contributed by atoms with Crippen LogP contribution in [0.4, 0.5) is 11.4 Å². The summed E-state index contributed by atoms with van der Waals surface area (Å²) in [6.07, 6.45) is 1.50. The maximum atomic E-state index is 12.0. The number of non-ortho nitro benzene ring substituents is 1. The van der Waals surface area contributed by atoms with Crippen molar-refractivity contribution in [3.8, 4) is 0 Å². The molecule has 0 radical (unpaired) electrons. The Balaban J connectivity index is 2.19. The molecule has 1 aromatic heterocycles. The van der Waals surface area contributed by atoms with Crippen LogP contribution < -0.4 is 10.9 Å². The topological polar surface area (TPSA) is 94.2 Å². The number of aryl methyl sites for hydroxylation is 1. The first kappa shape index (κ1) is 15.9. The molecule has 22 heavy (non-hydrogen) atoms. The fourth-order valence-electron chi connectivity index (χ4n) is 1.83. The van der Waals surface area contributed by atoms with E-state index in [-0.39, 0.29) is 17.8 Å². The molecule has 0 saturated carbocycles. The van der Waals surface area contributed by atoms with Crippen molar-refractivity contribution in [3.63, 3.8) is 0 Å². The molecule has 0 spiro atoms. The minimum atomic E-state index is -0.534. The Morgan fingerprint density at radius 2 is 2.09 bits per heavy atom. The van der Waals surface area contributed by atoms with E-state index in [1.807, 2.05) is 0 Å². The summed E-state index contributed by atoms with van der Waals surface area (Å²) in [6, 6.07) is 7.14. The molecule has 1 aromatic carbocycles. The SMILES string of the molecule is Cc1ccc([N+](=O)[O-])cc1NC(=O)Cn1cc(Br)ccc1=O. The van der Waals surface area contributed by atoms with Gasteiger partial charge >= 0.3 is 0 Å². The number of nitro benzene ring substituents is 1. The van der Waals surface area contributed by atoms with E-state index in [1.165, 1.54) is 29.0 Å². The fourth-order valence-corrected chi connectivity index (χ4v) is 2.21. The van der Waals surface area contributed by atoms with Gasteiger partial charge in [-0.15, -0.1) is 0 Å². The van der Waals surface area contributed by atoms with Gasteiger partial charge in [0.15, 0.2) is 0 Å². The van der Waals surface area contributed by atoms with E-state index in [0.717, 1.165) is 0 Å². The van der Waals surface area contributed by atoms with E-state index in [1.54, 1.807) is 19.1 Å². The molecule has 8 heteroatoms. The fraction of sp³-hybridized carbons (Fsp3) is 0.143. The number of rotatable bonds is 4. The lowest BCUT2D eigenvalue weighted by Gasteiger charge is -2.09. The van der Waals surface area contributed by atoms with Gasteiger partial charge in [0.05, 0.1) is 10.6 Å². The smallest absolute Gasteiger partial charge is 0.271 e. The number of pyridine rings is 1. The summed E-state index contributed by atoms with van der Waals surface area (Å²) >= 11 is 3.22. The molecule has 0 saturated heterocycles. The van der Waals surface area contributed by atoms with Crippen molar-refractivity contribution < 1.29 is 9.72 Å². The van der Waals surface area contributed by atoms with Gasteiger partial charge in [0.1, 0.15) is 6.54 Å². The first-order chi connectivity index (χ1) is 10.4. The quantitative estimate of drug-likeness (QED) is 0.664. The third kappa shape index (κ3) is 3.79. The highest BCUT2D eigenvalue weighted by molar-refractivity contribution is 9.10. The summed E-state index contributed by atoms with van der Waals surface area (Å²) < 4.78 is 1.91. The van der Waals surface area contributed by atoms with E-state index < -0.39 is 10.8 Å². The first-order valence-corrected chi connectivity index (χ1v) is 7.07. The Hall–Kier alpha value is -2.48. The van der Waals surface area contributed by atoms with Gasteiger partial charge in [0.25, 0.3) is 11.2 Å². The largest absolute Gasteiger partial charge is 0.324 e. The first-order valence-electron chi connectivity index (χ1n) is 6.27. The van der Waals surface area contributed by atoms with Crippen molar-refractivity contribution in [1.82, 2.24) is 4.57 Å². The summed E-state index contributed by atoms with van der Waals surface area (Å²) in [4.78, 5) is 33.9. The molecule has 114 valence electrons. The van der Waals surface area contributed by atoms with Crippen molar-refractivity contribution in [2.24, 2.45) is 0 Å². The second-order valence-corrected chi connectivity index (χ2v) is 5.53. The summed E-state index contributed by atoms with van der Waals surface area (Å²) in [5.41, 5.74) is 0.623. The van der Waals surface area contributed by atoms with Crippen molar-refractivity contribution >= 4 is 33.2 Å². The molecule has 0 atom stereocenters. The lowest BCUT2D eigenvalue weighted by Crippen LogP contribution is -2.26. The minimum absolute atomic E-state index is 0.111. The zero-order chi connectivity index (χ0) is 16.3. The van der Waals surface area contributed by atoms with Gasteiger partial charge < -0.3 is 9.88 Å². The van der Waals surface area contributed by atoms with Crippen LogP contribution in [0.5, 0.6) is 0 Å². The van der Waals surface area contributed by atoms with Crippen LogP contribution in [0.3, 0.4) is 0 Å². The minimum Gasteiger partial charge on any atom is -0.324 e. The van der Waals surface area contributed by atoms with Crippen LogP contribution in [0, 0.1) is 17.0 Å². The van der Waals surface area contributed by atoms with Crippen LogP contribution in [0.25, 0.3) is 0 Å². The monoisotopic (exact) mass is 365 g/mol. The number of nitrogens with zero attached hydrogens (tertiary/aromatic N) is 2. The van der Waals surface area contributed by atoms with E-state index >= 15 is 0 Å². The maximum absolute atomic E-state index is 12.0. The second-order valence-electron chi connectivity index (χ2n) is 4.62. The molecule has 0 unspecified atom stereocenters. The summed E-state index contributed by atoms with van der Waals surface area (Å²) in [5.74, 6) is -0.441. The third-order valence-electron chi connectivity index (χ3n) is 2.97. The van der Waals surface area contributed by atoms with E-state index in [0.29, 0.717) is 15.7 Å². The number of hydrogen-bond acceptors (Lipinski definition) is 4.